The lowest BCUT2D eigenvalue weighted by Crippen LogP contribution is -2.17. The number of nitrogens with zero attached hydrogens (tertiary/aromatic N) is 1. The molecular weight excluding hydrogens is 366 g/mol. The molecule has 1 heterocycles. The highest BCUT2D eigenvalue weighted by Crippen LogP contribution is 2.36. The summed E-state index contributed by atoms with van der Waals surface area (Å²) in [4.78, 5) is 2.73. The van der Waals surface area contributed by atoms with E-state index in [1.807, 2.05) is 12.1 Å². The first-order chi connectivity index (χ1) is 13.4. The molecule has 0 saturated carbocycles. The minimum Gasteiger partial charge on any atom is -0.302 e. The number of hydrogen-bond acceptors (Lipinski definition) is 3. The lowest BCUT2D eigenvalue weighted by atomic mass is 9.85. The van der Waals surface area contributed by atoms with Crippen molar-refractivity contribution < 1.29 is 8.42 Å². The van der Waals surface area contributed by atoms with E-state index in [-0.39, 0.29) is 0 Å². The van der Waals surface area contributed by atoms with Gasteiger partial charge in [0.15, 0.2) is 9.84 Å². The summed E-state index contributed by atoms with van der Waals surface area (Å²) in [6.07, 6.45) is 2.35. The highest BCUT2D eigenvalue weighted by Gasteiger charge is 2.22. The minimum absolute atomic E-state index is 0.356. The van der Waals surface area contributed by atoms with Crippen molar-refractivity contribution in [2.45, 2.75) is 23.8 Å². The predicted octanol–water partition coefficient (Wildman–Crippen LogP) is 4.72. The van der Waals surface area contributed by atoms with Gasteiger partial charge in [-0.25, -0.2) is 8.42 Å². The summed E-state index contributed by atoms with van der Waals surface area (Å²) in [5, 5.41) is 0. The van der Waals surface area contributed by atoms with Gasteiger partial charge < -0.3 is 4.90 Å². The zero-order valence-electron chi connectivity index (χ0n) is 16.3. The second-order valence-electron chi connectivity index (χ2n) is 7.70. The van der Waals surface area contributed by atoms with Crippen LogP contribution < -0.4 is 0 Å². The van der Waals surface area contributed by atoms with Gasteiger partial charge in [0, 0.05) is 18.7 Å². The van der Waals surface area contributed by atoms with Gasteiger partial charge in [0.2, 0.25) is 0 Å². The van der Waals surface area contributed by atoms with Crippen LogP contribution in [0.15, 0.2) is 77.7 Å². The number of benzene rings is 3. The number of rotatable bonds is 3. The van der Waals surface area contributed by atoms with Crippen LogP contribution in [0.2, 0.25) is 0 Å². The average molecular weight is 392 g/mol. The molecule has 3 aromatic carbocycles. The Labute approximate surface area is 167 Å². The van der Waals surface area contributed by atoms with Gasteiger partial charge >= 0.3 is 0 Å². The summed E-state index contributed by atoms with van der Waals surface area (Å²) in [5.74, 6) is 0.405. The third-order valence-electron chi connectivity index (χ3n) is 5.58. The summed E-state index contributed by atoms with van der Waals surface area (Å²) in [6, 6.07) is 24.6. The summed E-state index contributed by atoms with van der Waals surface area (Å²) >= 11 is 0. The van der Waals surface area contributed by atoms with Crippen LogP contribution in [0.1, 0.15) is 29.0 Å². The van der Waals surface area contributed by atoms with Crippen molar-refractivity contribution in [3.63, 3.8) is 0 Å². The maximum Gasteiger partial charge on any atom is 0.175 e. The van der Waals surface area contributed by atoms with E-state index in [2.05, 4.69) is 60.5 Å². The Morgan fingerprint density at radius 3 is 2.25 bits per heavy atom. The van der Waals surface area contributed by atoms with E-state index in [1.165, 1.54) is 22.9 Å². The fraction of sp³-hybridized carbons (Fsp3) is 0.250. The Hall–Kier alpha value is -2.43. The van der Waals surface area contributed by atoms with E-state index in [4.69, 9.17) is 0 Å². The van der Waals surface area contributed by atoms with Gasteiger partial charge in [-0.3, -0.25) is 0 Å². The molecule has 0 N–H and O–H groups in total. The third kappa shape index (κ3) is 3.89. The van der Waals surface area contributed by atoms with Crippen LogP contribution in [0.5, 0.6) is 0 Å². The molecule has 0 bridgehead atoms. The van der Waals surface area contributed by atoms with Gasteiger partial charge in [0.1, 0.15) is 0 Å². The highest BCUT2D eigenvalue weighted by molar-refractivity contribution is 7.90. The molecule has 0 radical (unpaired) electrons. The Balaban J connectivity index is 1.74. The Bertz CT molecular complexity index is 1070. The van der Waals surface area contributed by atoms with Crippen molar-refractivity contribution in [2.24, 2.45) is 0 Å². The first-order valence-corrected chi connectivity index (χ1v) is 11.5. The van der Waals surface area contributed by atoms with E-state index in [9.17, 15) is 8.42 Å². The van der Waals surface area contributed by atoms with E-state index in [0.717, 1.165) is 30.6 Å². The van der Waals surface area contributed by atoms with Crippen molar-refractivity contribution in [2.75, 3.05) is 19.8 Å². The average Bonchev–Trinajstić information content (AvgIpc) is 2.85. The Morgan fingerprint density at radius 2 is 1.57 bits per heavy atom. The monoisotopic (exact) mass is 391 g/mol. The predicted molar refractivity (Wildman–Crippen MR) is 114 cm³/mol. The second-order valence-corrected chi connectivity index (χ2v) is 9.72. The van der Waals surface area contributed by atoms with E-state index in [0.29, 0.717) is 10.8 Å². The minimum atomic E-state index is -3.17. The Morgan fingerprint density at radius 1 is 0.893 bits per heavy atom. The van der Waals surface area contributed by atoms with Gasteiger partial charge in [-0.1, -0.05) is 54.6 Å². The van der Waals surface area contributed by atoms with E-state index in [1.54, 1.807) is 12.1 Å². The molecule has 1 aliphatic rings. The molecule has 3 nitrogen and oxygen atoms in total. The maximum absolute atomic E-state index is 11.7. The van der Waals surface area contributed by atoms with Crippen molar-refractivity contribution >= 4 is 9.84 Å². The van der Waals surface area contributed by atoms with Gasteiger partial charge in [-0.05, 0) is 66.0 Å². The van der Waals surface area contributed by atoms with Crippen LogP contribution in [0.25, 0.3) is 11.1 Å². The Kier molecular flexibility index (Phi) is 5.09. The first kappa shape index (κ1) is 18.9. The molecule has 28 heavy (non-hydrogen) atoms. The molecule has 0 spiro atoms. The molecule has 1 unspecified atom stereocenters. The number of hydrogen-bond donors (Lipinski definition) is 0. The first-order valence-electron chi connectivity index (χ1n) is 9.58. The molecule has 4 rings (SSSR count). The number of fused-ring (bicyclic) bond motifs is 1. The van der Waals surface area contributed by atoms with Crippen LogP contribution in [0.3, 0.4) is 0 Å². The molecule has 0 aromatic heterocycles. The van der Waals surface area contributed by atoms with Gasteiger partial charge in [0.25, 0.3) is 0 Å². The fourth-order valence-electron chi connectivity index (χ4n) is 4.06. The molecule has 3 aromatic rings. The quantitative estimate of drug-likeness (QED) is 0.648. The lowest BCUT2D eigenvalue weighted by Gasteiger charge is -2.19. The van der Waals surface area contributed by atoms with Gasteiger partial charge in [-0.2, -0.15) is 0 Å². The van der Waals surface area contributed by atoms with Crippen molar-refractivity contribution in [3.8, 4) is 11.1 Å². The fourth-order valence-corrected chi connectivity index (χ4v) is 4.69. The molecule has 1 atom stereocenters. The summed E-state index contributed by atoms with van der Waals surface area (Å²) in [7, 11) is -1.00. The molecule has 1 aliphatic heterocycles. The van der Waals surface area contributed by atoms with Crippen LogP contribution >= 0.6 is 0 Å². The van der Waals surface area contributed by atoms with Gasteiger partial charge in [-0.15, -0.1) is 0 Å². The third-order valence-corrected chi connectivity index (χ3v) is 6.70. The van der Waals surface area contributed by atoms with Crippen LogP contribution in [0, 0.1) is 0 Å². The summed E-state index contributed by atoms with van der Waals surface area (Å²) in [6.45, 7) is 1.99. The SMILES string of the molecule is CN1CCC(c2ccccc2)c2ccc(-c3ccc(S(C)(=O)=O)cc3)cc2C1. The van der Waals surface area contributed by atoms with Crippen molar-refractivity contribution in [1.82, 2.24) is 4.90 Å². The molecule has 0 saturated heterocycles. The number of sulfone groups is 1. The van der Waals surface area contributed by atoms with E-state index < -0.39 is 9.84 Å². The second kappa shape index (κ2) is 7.53. The largest absolute Gasteiger partial charge is 0.302 e. The van der Waals surface area contributed by atoms with Crippen molar-refractivity contribution in [1.29, 1.82) is 0 Å². The standard InChI is InChI=1S/C24H25NO2S/c1-25-15-14-24(19-6-4-3-5-7-19)23-13-10-20(16-21(23)17-25)18-8-11-22(12-9-18)28(2,26)27/h3-13,16,24H,14-15,17H2,1-2H3. The molecule has 4 heteroatoms. The topological polar surface area (TPSA) is 37.4 Å². The molecule has 0 aliphatic carbocycles. The lowest BCUT2D eigenvalue weighted by molar-refractivity contribution is 0.328. The molecule has 0 amide bonds. The summed E-state index contributed by atoms with van der Waals surface area (Å²) in [5.41, 5.74) is 6.27. The van der Waals surface area contributed by atoms with Crippen LogP contribution in [-0.4, -0.2) is 33.2 Å². The highest BCUT2D eigenvalue weighted by atomic mass is 32.2. The van der Waals surface area contributed by atoms with E-state index >= 15 is 0 Å². The normalized spacial score (nSPS) is 17.7. The van der Waals surface area contributed by atoms with Crippen molar-refractivity contribution in [3.05, 3.63) is 89.5 Å². The maximum atomic E-state index is 11.7. The summed E-state index contributed by atoms with van der Waals surface area (Å²) < 4.78 is 23.4. The smallest absolute Gasteiger partial charge is 0.175 e. The van der Waals surface area contributed by atoms with Gasteiger partial charge in [0.05, 0.1) is 4.90 Å². The van der Waals surface area contributed by atoms with Crippen LogP contribution in [-0.2, 0) is 16.4 Å². The zero-order chi connectivity index (χ0) is 19.7. The zero-order valence-corrected chi connectivity index (χ0v) is 17.1. The molecule has 144 valence electrons. The molecular formula is C24H25NO2S. The molecule has 0 fully saturated rings. The van der Waals surface area contributed by atoms with Crippen LogP contribution in [0.4, 0.5) is 0 Å².